The summed E-state index contributed by atoms with van der Waals surface area (Å²) in [4.78, 5) is 37.4. The van der Waals surface area contributed by atoms with E-state index in [0.29, 0.717) is 17.2 Å². The second-order valence-electron chi connectivity index (χ2n) is 7.23. The second kappa shape index (κ2) is 9.62. The standard InChI is InChI=1S/C19H25F3N4O3/c1-12-4-3-7-26(10-12)17(28)14-5-6-15(13(2)8-14)23-9-16(27)25-18(29)24-11-19(20,21)22/h5-6,8,12,23H,3-4,7,9-11H2,1-2H3,(H2,24,25,27,29). The first-order valence-electron chi connectivity index (χ1n) is 9.33. The maximum absolute atomic E-state index is 12.6. The van der Waals surface area contributed by atoms with Crippen LogP contribution in [0.1, 0.15) is 35.7 Å². The Balaban J connectivity index is 1.86. The topological polar surface area (TPSA) is 90.5 Å². The molecule has 3 N–H and O–H groups in total. The smallest absolute Gasteiger partial charge is 0.376 e. The molecule has 7 nitrogen and oxygen atoms in total. The Bertz CT molecular complexity index is 768. The van der Waals surface area contributed by atoms with Crippen molar-refractivity contribution in [3.8, 4) is 0 Å². The number of amides is 4. The molecule has 0 bridgehead atoms. The average Bonchev–Trinajstić information content (AvgIpc) is 2.64. The van der Waals surface area contributed by atoms with Crippen molar-refractivity contribution in [3.63, 3.8) is 0 Å². The highest BCUT2D eigenvalue weighted by atomic mass is 19.4. The third-order valence-corrected chi connectivity index (χ3v) is 4.56. The minimum atomic E-state index is -4.55. The van der Waals surface area contributed by atoms with Gasteiger partial charge in [0.25, 0.3) is 5.91 Å². The number of alkyl halides is 3. The Labute approximate surface area is 167 Å². The van der Waals surface area contributed by atoms with Crippen LogP contribution in [0, 0.1) is 12.8 Å². The van der Waals surface area contributed by atoms with Gasteiger partial charge in [-0.05, 0) is 49.4 Å². The first kappa shape index (κ1) is 22.5. The van der Waals surface area contributed by atoms with E-state index in [1.54, 1.807) is 35.8 Å². The van der Waals surface area contributed by atoms with Gasteiger partial charge in [-0.25, -0.2) is 4.79 Å². The molecule has 0 radical (unpaired) electrons. The van der Waals surface area contributed by atoms with Crippen LogP contribution in [0.4, 0.5) is 23.7 Å². The van der Waals surface area contributed by atoms with Crippen LogP contribution in [0.3, 0.4) is 0 Å². The highest BCUT2D eigenvalue weighted by Crippen LogP contribution is 2.21. The normalized spacial score (nSPS) is 16.9. The van der Waals surface area contributed by atoms with Crippen LogP contribution >= 0.6 is 0 Å². The van der Waals surface area contributed by atoms with Crippen LogP contribution in [0.2, 0.25) is 0 Å². The van der Waals surface area contributed by atoms with E-state index in [9.17, 15) is 27.6 Å². The van der Waals surface area contributed by atoms with Crippen molar-refractivity contribution in [1.82, 2.24) is 15.5 Å². The number of carbonyl (C=O) groups excluding carboxylic acids is 3. The quantitative estimate of drug-likeness (QED) is 0.691. The van der Waals surface area contributed by atoms with Crippen LogP contribution in [0.15, 0.2) is 18.2 Å². The summed E-state index contributed by atoms with van der Waals surface area (Å²) in [5.41, 5.74) is 1.87. The Kier molecular flexibility index (Phi) is 7.46. The third kappa shape index (κ3) is 7.28. The average molecular weight is 414 g/mol. The molecule has 0 aliphatic carbocycles. The maximum Gasteiger partial charge on any atom is 0.405 e. The number of nitrogens with one attached hydrogen (secondary N) is 3. The molecule has 1 aromatic carbocycles. The molecule has 0 spiro atoms. The van der Waals surface area contributed by atoms with Crippen LogP contribution in [0.5, 0.6) is 0 Å². The lowest BCUT2D eigenvalue weighted by Crippen LogP contribution is -2.45. The molecule has 1 fully saturated rings. The number of benzene rings is 1. The number of hydrogen-bond donors (Lipinski definition) is 3. The molecule has 1 aromatic rings. The number of likely N-dealkylation sites (tertiary alicyclic amines) is 1. The molecule has 2 rings (SSSR count). The number of halogens is 3. The summed E-state index contributed by atoms with van der Waals surface area (Å²) in [6.07, 6.45) is -2.46. The van der Waals surface area contributed by atoms with Crippen LogP contribution in [-0.2, 0) is 4.79 Å². The first-order valence-corrected chi connectivity index (χ1v) is 9.33. The summed E-state index contributed by atoms with van der Waals surface area (Å²) < 4.78 is 36.1. The van der Waals surface area contributed by atoms with Gasteiger partial charge in [-0.2, -0.15) is 13.2 Å². The largest absolute Gasteiger partial charge is 0.405 e. The lowest BCUT2D eigenvalue weighted by molar-refractivity contribution is -0.124. The Hall–Kier alpha value is -2.78. The molecule has 1 aliphatic rings. The number of aryl methyl sites for hydroxylation is 1. The summed E-state index contributed by atoms with van der Waals surface area (Å²) in [6, 6.07) is 3.82. The zero-order valence-corrected chi connectivity index (χ0v) is 16.4. The van der Waals surface area contributed by atoms with Gasteiger partial charge in [-0.1, -0.05) is 6.92 Å². The third-order valence-electron chi connectivity index (χ3n) is 4.56. The molecular weight excluding hydrogens is 389 g/mol. The van der Waals surface area contributed by atoms with Gasteiger partial charge in [-0.15, -0.1) is 0 Å². The molecule has 0 aromatic heterocycles. The van der Waals surface area contributed by atoms with Gasteiger partial charge in [-0.3, -0.25) is 14.9 Å². The predicted molar refractivity (Wildman–Crippen MR) is 102 cm³/mol. The number of urea groups is 1. The van der Waals surface area contributed by atoms with Gasteiger partial charge in [0.15, 0.2) is 0 Å². The summed E-state index contributed by atoms with van der Waals surface area (Å²) in [7, 11) is 0. The molecule has 1 saturated heterocycles. The number of rotatable bonds is 5. The zero-order valence-electron chi connectivity index (χ0n) is 16.4. The van der Waals surface area contributed by atoms with E-state index in [4.69, 9.17) is 0 Å². The van der Waals surface area contributed by atoms with E-state index in [0.717, 1.165) is 31.5 Å². The van der Waals surface area contributed by atoms with Crippen molar-refractivity contribution in [3.05, 3.63) is 29.3 Å². The van der Waals surface area contributed by atoms with Crippen molar-refractivity contribution in [1.29, 1.82) is 0 Å². The monoisotopic (exact) mass is 414 g/mol. The van der Waals surface area contributed by atoms with E-state index >= 15 is 0 Å². The minimum absolute atomic E-state index is 0.0368. The van der Waals surface area contributed by atoms with Gasteiger partial charge < -0.3 is 15.5 Å². The zero-order chi connectivity index (χ0) is 21.6. The van der Waals surface area contributed by atoms with Gasteiger partial charge >= 0.3 is 12.2 Å². The Morgan fingerprint density at radius 3 is 2.59 bits per heavy atom. The molecule has 29 heavy (non-hydrogen) atoms. The number of piperidine rings is 1. The SMILES string of the molecule is Cc1cc(C(=O)N2CCCC(C)C2)ccc1NCC(=O)NC(=O)NCC(F)(F)F. The fourth-order valence-electron chi connectivity index (χ4n) is 3.12. The van der Waals surface area contributed by atoms with E-state index in [2.05, 4.69) is 12.2 Å². The van der Waals surface area contributed by atoms with Crippen LogP contribution < -0.4 is 16.0 Å². The molecule has 1 atom stereocenters. The Morgan fingerprint density at radius 2 is 1.97 bits per heavy atom. The lowest BCUT2D eigenvalue weighted by Gasteiger charge is -2.31. The molecule has 1 aliphatic heterocycles. The van der Waals surface area contributed by atoms with Crippen molar-refractivity contribution < 1.29 is 27.6 Å². The molecule has 4 amide bonds. The molecule has 0 saturated carbocycles. The van der Waals surface area contributed by atoms with E-state index in [1.165, 1.54) is 0 Å². The summed E-state index contributed by atoms with van der Waals surface area (Å²) in [6.45, 7) is 3.52. The van der Waals surface area contributed by atoms with E-state index in [1.807, 2.05) is 4.90 Å². The first-order chi connectivity index (χ1) is 13.5. The van der Waals surface area contributed by atoms with Crippen molar-refractivity contribution >= 4 is 23.5 Å². The highest BCUT2D eigenvalue weighted by molar-refractivity contribution is 5.97. The molecule has 10 heteroatoms. The van der Waals surface area contributed by atoms with Crippen molar-refractivity contribution in [2.75, 3.05) is 31.5 Å². The van der Waals surface area contributed by atoms with Crippen LogP contribution in [-0.4, -0.2) is 55.1 Å². The minimum Gasteiger partial charge on any atom is -0.376 e. The maximum atomic E-state index is 12.6. The fourth-order valence-corrected chi connectivity index (χ4v) is 3.12. The van der Waals surface area contributed by atoms with Crippen molar-refractivity contribution in [2.24, 2.45) is 5.92 Å². The predicted octanol–water partition coefficient (Wildman–Crippen LogP) is 2.67. The Morgan fingerprint density at radius 1 is 1.24 bits per heavy atom. The number of imide groups is 1. The lowest BCUT2D eigenvalue weighted by atomic mass is 9.99. The van der Waals surface area contributed by atoms with Gasteiger partial charge in [0, 0.05) is 24.3 Å². The number of nitrogens with zero attached hydrogens (tertiary/aromatic N) is 1. The van der Waals surface area contributed by atoms with E-state index in [-0.39, 0.29) is 12.5 Å². The molecular formula is C19H25F3N4O3. The van der Waals surface area contributed by atoms with Gasteiger partial charge in [0.2, 0.25) is 5.91 Å². The summed E-state index contributed by atoms with van der Waals surface area (Å²) in [5, 5.41) is 6.16. The number of hydrogen-bond acceptors (Lipinski definition) is 4. The molecule has 1 heterocycles. The summed E-state index contributed by atoms with van der Waals surface area (Å²) >= 11 is 0. The second-order valence-corrected chi connectivity index (χ2v) is 7.23. The van der Waals surface area contributed by atoms with Crippen molar-refractivity contribution in [2.45, 2.75) is 32.9 Å². The summed E-state index contributed by atoms with van der Waals surface area (Å²) in [5.74, 6) is -0.349. The van der Waals surface area contributed by atoms with Crippen LogP contribution in [0.25, 0.3) is 0 Å². The van der Waals surface area contributed by atoms with E-state index < -0.39 is 24.7 Å². The van der Waals surface area contributed by atoms with Gasteiger partial charge in [0.1, 0.15) is 6.54 Å². The fraction of sp³-hybridized carbons (Fsp3) is 0.526. The number of anilines is 1. The molecule has 160 valence electrons. The number of carbonyl (C=O) groups is 3. The van der Waals surface area contributed by atoms with Gasteiger partial charge in [0.05, 0.1) is 6.54 Å². The highest BCUT2D eigenvalue weighted by Gasteiger charge is 2.28. The molecule has 1 unspecified atom stereocenters.